The number of rotatable bonds is 1. The predicted molar refractivity (Wildman–Crippen MR) is 23.0 cm³/mol. The number of hydroxylamine groups is 1. The van der Waals surface area contributed by atoms with E-state index < -0.39 is 12.7 Å². The third-order valence-electron chi connectivity index (χ3n) is 0.694. The standard InChI is InChI=1S/C4H3F3NO2/c5-4(6,7)9-3-1-2-8-10-3/h2-3,8H. The van der Waals surface area contributed by atoms with Crippen LogP contribution in [0.25, 0.3) is 0 Å². The summed E-state index contributed by atoms with van der Waals surface area (Å²) < 4.78 is 37.3. The lowest BCUT2D eigenvalue weighted by Crippen LogP contribution is -2.24. The maximum atomic E-state index is 11.3. The quantitative estimate of drug-likeness (QED) is 0.603. The fourth-order valence-corrected chi connectivity index (χ4v) is 0.411. The van der Waals surface area contributed by atoms with Gasteiger partial charge in [0.2, 0.25) is 6.29 Å². The first-order chi connectivity index (χ1) is 4.58. The van der Waals surface area contributed by atoms with Crippen molar-refractivity contribution in [2.45, 2.75) is 12.7 Å². The smallest absolute Gasteiger partial charge is 0.271 e. The first-order valence-corrected chi connectivity index (χ1v) is 2.31. The van der Waals surface area contributed by atoms with E-state index in [1.165, 1.54) is 0 Å². The summed E-state index contributed by atoms with van der Waals surface area (Å²) in [7, 11) is 0. The van der Waals surface area contributed by atoms with Gasteiger partial charge in [0.1, 0.15) is 0 Å². The number of nitrogens with one attached hydrogen (secondary N) is 1. The zero-order valence-electron chi connectivity index (χ0n) is 4.61. The molecule has 0 aliphatic carbocycles. The van der Waals surface area contributed by atoms with Gasteiger partial charge in [-0.25, -0.2) is 4.84 Å². The molecule has 0 aromatic rings. The molecule has 57 valence electrons. The van der Waals surface area contributed by atoms with Crippen LogP contribution in [0.4, 0.5) is 13.2 Å². The number of halogens is 3. The molecule has 1 unspecified atom stereocenters. The summed E-state index contributed by atoms with van der Waals surface area (Å²) in [6, 6.07) is 0. The van der Waals surface area contributed by atoms with Gasteiger partial charge >= 0.3 is 6.36 Å². The summed E-state index contributed by atoms with van der Waals surface area (Å²) in [5.74, 6) is 0. The summed E-state index contributed by atoms with van der Waals surface area (Å²) in [4.78, 5) is 4.17. The summed E-state index contributed by atoms with van der Waals surface area (Å²) in [5.41, 5.74) is 2.03. The zero-order chi connectivity index (χ0) is 7.61. The fraction of sp³-hybridized carbons (Fsp3) is 0.500. The second kappa shape index (κ2) is 2.47. The Kier molecular flexibility index (Phi) is 1.82. The highest BCUT2D eigenvalue weighted by Gasteiger charge is 2.34. The molecule has 0 bridgehead atoms. The van der Waals surface area contributed by atoms with E-state index in [1.54, 1.807) is 0 Å². The first-order valence-electron chi connectivity index (χ1n) is 2.31. The lowest BCUT2D eigenvalue weighted by Gasteiger charge is -2.10. The Balaban J connectivity index is 2.31. The van der Waals surface area contributed by atoms with Crippen molar-refractivity contribution in [1.29, 1.82) is 0 Å². The van der Waals surface area contributed by atoms with Crippen molar-refractivity contribution in [1.82, 2.24) is 5.48 Å². The van der Waals surface area contributed by atoms with Crippen molar-refractivity contribution in [3.8, 4) is 0 Å². The summed E-state index contributed by atoms with van der Waals surface area (Å²) in [6.07, 6.45) is -2.96. The molecule has 1 rings (SSSR count). The topological polar surface area (TPSA) is 30.5 Å². The van der Waals surface area contributed by atoms with Crippen LogP contribution in [0.3, 0.4) is 0 Å². The lowest BCUT2D eigenvalue weighted by atomic mass is 10.6. The van der Waals surface area contributed by atoms with Crippen LogP contribution in [0.5, 0.6) is 0 Å². The lowest BCUT2D eigenvalue weighted by molar-refractivity contribution is -0.371. The Morgan fingerprint density at radius 1 is 1.60 bits per heavy atom. The molecule has 0 saturated carbocycles. The van der Waals surface area contributed by atoms with Gasteiger partial charge in [-0.15, -0.1) is 13.2 Å². The predicted octanol–water partition coefficient (Wildman–Crippen LogP) is 0.701. The van der Waals surface area contributed by atoms with E-state index >= 15 is 0 Å². The van der Waals surface area contributed by atoms with Crippen LogP contribution < -0.4 is 5.48 Å². The van der Waals surface area contributed by atoms with E-state index in [9.17, 15) is 13.2 Å². The fourth-order valence-electron chi connectivity index (χ4n) is 0.411. The van der Waals surface area contributed by atoms with Crippen molar-refractivity contribution >= 4 is 0 Å². The maximum Gasteiger partial charge on any atom is 0.525 e. The molecule has 0 aromatic carbocycles. The van der Waals surface area contributed by atoms with Crippen LogP contribution in [0.15, 0.2) is 6.20 Å². The molecule has 1 heterocycles. The van der Waals surface area contributed by atoms with Crippen LogP contribution in [0.1, 0.15) is 0 Å². The number of hydrogen-bond acceptors (Lipinski definition) is 3. The zero-order valence-corrected chi connectivity index (χ0v) is 4.61. The van der Waals surface area contributed by atoms with Crippen molar-refractivity contribution < 1.29 is 22.7 Å². The average Bonchev–Trinajstić information content (AvgIpc) is 2.12. The molecule has 1 aliphatic rings. The van der Waals surface area contributed by atoms with Crippen molar-refractivity contribution in [2.75, 3.05) is 0 Å². The molecular weight excluding hydrogens is 151 g/mol. The van der Waals surface area contributed by atoms with Crippen LogP contribution in [0, 0.1) is 6.08 Å². The molecule has 1 N–H and O–H groups in total. The second-order valence-corrected chi connectivity index (χ2v) is 1.44. The van der Waals surface area contributed by atoms with Gasteiger partial charge in [0, 0.05) is 12.3 Å². The highest BCUT2D eigenvalue weighted by atomic mass is 19.4. The average molecular weight is 154 g/mol. The van der Waals surface area contributed by atoms with Gasteiger partial charge in [0.05, 0.1) is 0 Å². The van der Waals surface area contributed by atoms with E-state index in [0.29, 0.717) is 0 Å². The van der Waals surface area contributed by atoms with E-state index in [-0.39, 0.29) is 0 Å². The largest absolute Gasteiger partial charge is 0.525 e. The van der Waals surface area contributed by atoms with Crippen molar-refractivity contribution in [3.63, 3.8) is 0 Å². The monoisotopic (exact) mass is 154 g/mol. The molecule has 0 fully saturated rings. The number of alkyl halides is 3. The number of hydrogen-bond donors (Lipinski definition) is 1. The number of ether oxygens (including phenoxy) is 1. The van der Waals surface area contributed by atoms with E-state index in [2.05, 4.69) is 15.7 Å². The van der Waals surface area contributed by atoms with E-state index in [0.717, 1.165) is 6.20 Å². The molecule has 10 heavy (non-hydrogen) atoms. The third-order valence-corrected chi connectivity index (χ3v) is 0.694. The minimum absolute atomic E-state index is 1.09. The maximum absolute atomic E-state index is 11.3. The molecule has 6 heteroatoms. The van der Waals surface area contributed by atoms with E-state index in [4.69, 9.17) is 0 Å². The van der Waals surface area contributed by atoms with Crippen LogP contribution in [-0.2, 0) is 9.57 Å². The van der Waals surface area contributed by atoms with Crippen molar-refractivity contribution in [2.24, 2.45) is 0 Å². The molecule has 1 aliphatic heterocycles. The van der Waals surface area contributed by atoms with Crippen molar-refractivity contribution in [3.05, 3.63) is 12.3 Å². The Bertz CT molecular complexity index is 144. The molecule has 0 spiro atoms. The molecule has 0 saturated heterocycles. The van der Waals surface area contributed by atoms with Gasteiger partial charge in [-0.1, -0.05) is 0 Å². The van der Waals surface area contributed by atoms with Gasteiger partial charge in [0.15, 0.2) is 0 Å². The molecule has 0 aromatic heterocycles. The summed E-state index contributed by atoms with van der Waals surface area (Å²) in [6.45, 7) is 0. The van der Waals surface area contributed by atoms with Gasteiger partial charge in [-0.05, 0) is 0 Å². The second-order valence-electron chi connectivity index (χ2n) is 1.44. The Morgan fingerprint density at radius 2 is 2.30 bits per heavy atom. The summed E-state index contributed by atoms with van der Waals surface area (Å²) in [5, 5.41) is 0. The minimum atomic E-state index is -4.68. The molecule has 0 amide bonds. The highest BCUT2D eigenvalue weighted by Crippen LogP contribution is 2.19. The molecule has 1 radical (unpaired) electrons. The minimum Gasteiger partial charge on any atom is -0.271 e. The highest BCUT2D eigenvalue weighted by molar-refractivity contribution is 4.76. The SMILES string of the molecule is FC(F)(F)OC1[C]=CNO1. The Labute approximate surface area is 54.4 Å². The molecule has 3 nitrogen and oxygen atoms in total. The molecular formula is C4H3F3NO2. The Hall–Kier alpha value is -0.750. The molecule has 1 atom stereocenters. The van der Waals surface area contributed by atoms with Gasteiger partial charge < -0.3 is 0 Å². The third kappa shape index (κ3) is 2.24. The van der Waals surface area contributed by atoms with Gasteiger partial charge in [-0.2, -0.15) is 0 Å². The van der Waals surface area contributed by atoms with Gasteiger partial charge in [0.25, 0.3) is 0 Å². The van der Waals surface area contributed by atoms with Gasteiger partial charge in [-0.3, -0.25) is 10.2 Å². The normalized spacial score (nSPS) is 24.9. The first kappa shape index (κ1) is 7.36. The van der Waals surface area contributed by atoms with Crippen LogP contribution >= 0.6 is 0 Å². The van der Waals surface area contributed by atoms with Crippen LogP contribution in [-0.4, -0.2) is 12.7 Å². The summed E-state index contributed by atoms with van der Waals surface area (Å²) >= 11 is 0. The Morgan fingerprint density at radius 3 is 2.70 bits per heavy atom. The van der Waals surface area contributed by atoms with E-state index in [1.807, 2.05) is 5.48 Å². The van der Waals surface area contributed by atoms with Crippen LogP contribution in [0.2, 0.25) is 0 Å².